The highest BCUT2D eigenvalue weighted by Crippen LogP contribution is 2.28. The van der Waals surface area contributed by atoms with E-state index in [1.54, 1.807) is 11.3 Å². The van der Waals surface area contributed by atoms with Crippen LogP contribution in [0.4, 0.5) is 17.5 Å². The lowest BCUT2D eigenvalue weighted by Gasteiger charge is -2.10. The molecule has 4 nitrogen and oxygen atoms in total. The predicted octanol–water partition coefficient (Wildman–Crippen LogP) is 4.57. The number of aromatic nitrogens is 2. The van der Waals surface area contributed by atoms with Crippen molar-refractivity contribution in [2.24, 2.45) is 0 Å². The molecular weight excluding hydrogens is 280 g/mol. The summed E-state index contributed by atoms with van der Waals surface area (Å²) in [5.74, 6) is 1.53. The number of thiophene rings is 1. The number of rotatable bonds is 5. The monoisotopic (exact) mass is 298 g/mol. The van der Waals surface area contributed by atoms with Crippen LogP contribution in [-0.2, 0) is 0 Å². The van der Waals surface area contributed by atoms with E-state index in [0.29, 0.717) is 5.95 Å². The first-order valence-electron chi connectivity index (χ1n) is 7.09. The summed E-state index contributed by atoms with van der Waals surface area (Å²) in [6.45, 7) is 5.09. The zero-order chi connectivity index (χ0) is 14.7. The molecule has 2 aromatic heterocycles. The molecule has 2 N–H and O–H groups in total. The van der Waals surface area contributed by atoms with E-state index in [2.05, 4.69) is 52.6 Å². The molecule has 0 unspecified atom stereocenters. The van der Waals surface area contributed by atoms with E-state index in [1.165, 1.54) is 5.56 Å². The number of hydrogen-bond acceptors (Lipinski definition) is 5. The van der Waals surface area contributed by atoms with Crippen LogP contribution in [0.15, 0.2) is 35.7 Å². The summed E-state index contributed by atoms with van der Waals surface area (Å²) in [5.41, 5.74) is 2.27. The molecular formula is C16H18N4S. The first-order valence-corrected chi connectivity index (χ1v) is 7.97. The Bertz CT molecular complexity index is 751. The number of nitrogens with one attached hydrogen (secondary N) is 2. The molecule has 0 aliphatic rings. The zero-order valence-electron chi connectivity index (χ0n) is 12.2. The third kappa shape index (κ3) is 3.13. The molecule has 0 fully saturated rings. The first kappa shape index (κ1) is 13.8. The molecule has 1 aromatic carbocycles. The van der Waals surface area contributed by atoms with Crippen molar-refractivity contribution >= 4 is 39.0 Å². The van der Waals surface area contributed by atoms with Crippen molar-refractivity contribution in [2.45, 2.75) is 20.3 Å². The molecule has 0 saturated carbocycles. The summed E-state index contributed by atoms with van der Waals surface area (Å²) in [5, 5.41) is 9.77. The van der Waals surface area contributed by atoms with Crippen molar-refractivity contribution < 1.29 is 0 Å². The SMILES string of the molecule is CCCNc1nc(Nc2cccc(C)c2)c2ccsc2n1. The normalized spacial score (nSPS) is 10.8. The first-order chi connectivity index (χ1) is 10.3. The summed E-state index contributed by atoms with van der Waals surface area (Å²) >= 11 is 1.63. The third-order valence-electron chi connectivity index (χ3n) is 3.14. The van der Waals surface area contributed by atoms with E-state index in [-0.39, 0.29) is 0 Å². The smallest absolute Gasteiger partial charge is 0.226 e. The summed E-state index contributed by atoms with van der Waals surface area (Å²) in [7, 11) is 0. The van der Waals surface area contributed by atoms with Gasteiger partial charge in [0.2, 0.25) is 5.95 Å². The fourth-order valence-corrected chi connectivity index (χ4v) is 2.89. The van der Waals surface area contributed by atoms with Crippen LogP contribution >= 0.6 is 11.3 Å². The lowest BCUT2D eigenvalue weighted by molar-refractivity contribution is 0.958. The molecule has 0 aliphatic carbocycles. The molecule has 21 heavy (non-hydrogen) atoms. The molecule has 2 heterocycles. The molecule has 108 valence electrons. The molecule has 3 rings (SSSR count). The van der Waals surface area contributed by atoms with Gasteiger partial charge in [-0.25, -0.2) is 4.98 Å². The second-order valence-corrected chi connectivity index (χ2v) is 5.85. The van der Waals surface area contributed by atoms with E-state index >= 15 is 0 Å². The Morgan fingerprint density at radius 2 is 2.10 bits per heavy atom. The highest BCUT2D eigenvalue weighted by Gasteiger charge is 2.09. The van der Waals surface area contributed by atoms with Crippen molar-refractivity contribution in [2.75, 3.05) is 17.2 Å². The third-order valence-corrected chi connectivity index (χ3v) is 3.95. The lowest BCUT2D eigenvalue weighted by Crippen LogP contribution is -2.06. The Kier molecular flexibility index (Phi) is 4.01. The maximum atomic E-state index is 4.61. The molecule has 0 spiro atoms. The van der Waals surface area contributed by atoms with Crippen molar-refractivity contribution in [3.8, 4) is 0 Å². The van der Waals surface area contributed by atoms with Crippen molar-refractivity contribution in [1.29, 1.82) is 0 Å². The van der Waals surface area contributed by atoms with E-state index in [9.17, 15) is 0 Å². The summed E-state index contributed by atoms with van der Waals surface area (Å²) in [6.07, 6.45) is 1.05. The quantitative estimate of drug-likeness (QED) is 0.724. The van der Waals surface area contributed by atoms with Gasteiger partial charge in [-0.15, -0.1) is 11.3 Å². The standard InChI is InChI=1S/C16H18N4S/c1-3-8-17-16-19-14(13-7-9-21-15(13)20-16)18-12-6-4-5-11(2)10-12/h4-7,9-10H,3,8H2,1-2H3,(H2,17,18,19,20). The minimum Gasteiger partial charge on any atom is -0.354 e. The van der Waals surface area contributed by atoms with E-state index in [1.807, 2.05) is 17.5 Å². The maximum absolute atomic E-state index is 4.61. The van der Waals surface area contributed by atoms with Gasteiger partial charge in [-0.05, 0) is 42.5 Å². The van der Waals surface area contributed by atoms with Crippen LogP contribution < -0.4 is 10.6 Å². The zero-order valence-corrected chi connectivity index (χ0v) is 13.0. The van der Waals surface area contributed by atoms with Crippen LogP contribution in [0.25, 0.3) is 10.2 Å². The van der Waals surface area contributed by atoms with Crippen LogP contribution in [-0.4, -0.2) is 16.5 Å². The van der Waals surface area contributed by atoms with Crippen LogP contribution in [0.2, 0.25) is 0 Å². The number of nitrogens with zero attached hydrogens (tertiary/aromatic N) is 2. The van der Waals surface area contributed by atoms with Crippen LogP contribution in [0.3, 0.4) is 0 Å². The van der Waals surface area contributed by atoms with E-state index in [4.69, 9.17) is 0 Å². The fourth-order valence-electron chi connectivity index (χ4n) is 2.13. The number of hydrogen-bond donors (Lipinski definition) is 2. The van der Waals surface area contributed by atoms with Gasteiger partial charge in [0, 0.05) is 12.2 Å². The van der Waals surface area contributed by atoms with E-state index < -0.39 is 0 Å². The molecule has 5 heteroatoms. The number of aryl methyl sites for hydroxylation is 1. The average molecular weight is 298 g/mol. The minimum atomic E-state index is 0.682. The average Bonchev–Trinajstić information content (AvgIpc) is 2.94. The van der Waals surface area contributed by atoms with Gasteiger partial charge in [0.15, 0.2) is 0 Å². The largest absolute Gasteiger partial charge is 0.354 e. The highest BCUT2D eigenvalue weighted by molar-refractivity contribution is 7.16. The number of benzene rings is 1. The molecule has 3 aromatic rings. The van der Waals surface area contributed by atoms with Gasteiger partial charge in [-0.3, -0.25) is 0 Å². The summed E-state index contributed by atoms with van der Waals surface area (Å²) in [6, 6.07) is 10.3. The van der Waals surface area contributed by atoms with Gasteiger partial charge in [0.05, 0.1) is 5.39 Å². The second-order valence-electron chi connectivity index (χ2n) is 4.96. The Balaban J connectivity index is 1.97. The van der Waals surface area contributed by atoms with Gasteiger partial charge < -0.3 is 10.6 Å². The predicted molar refractivity (Wildman–Crippen MR) is 90.7 cm³/mol. The molecule has 0 amide bonds. The highest BCUT2D eigenvalue weighted by atomic mass is 32.1. The minimum absolute atomic E-state index is 0.682. The summed E-state index contributed by atoms with van der Waals surface area (Å²) in [4.78, 5) is 10.2. The Morgan fingerprint density at radius 3 is 2.90 bits per heavy atom. The van der Waals surface area contributed by atoms with Crippen LogP contribution in [0.1, 0.15) is 18.9 Å². The number of fused-ring (bicyclic) bond motifs is 1. The van der Waals surface area contributed by atoms with Gasteiger partial charge >= 0.3 is 0 Å². The second kappa shape index (κ2) is 6.10. The Labute approximate surface area is 128 Å². The van der Waals surface area contributed by atoms with Crippen LogP contribution in [0.5, 0.6) is 0 Å². The van der Waals surface area contributed by atoms with Crippen molar-refractivity contribution in [1.82, 2.24) is 9.97 Å². The van der Waals surface area contributed by atoms with Gasteiger partial charge in [-0.1, -0.05) is 19.1 Å². The van der Waals surface area contributed by atoms with Crippen LogP contribution in [0, 0.1) is 6.92 Å². The van der Waals surface area contributed by atoms with Crippen molar-refractivity contribution in [3.05, 3.63) is 41.3 Å². The molecule has 0 saturated heterocycles. The van der Waals surface area contributed by atoms with Crippen molar-refractivity contribution in [3.63, 3.8) is 0 Å². The topological polar surface area (TPSA) is 49.8 Å². The molecule has 0 radical (unpaired) electrons. The lowest BCUT2D eigenvalue weighted by atomic mass is 10.2. The number of anilines is 3. The maximum Gasteiger partial charge on any atom is 0.226 e. The van der Waals surface area contributed by atoms with E-state index in [0.717, 1.165) is 34.7 Å². The van der Waals surface area contributed by atoms with Gasteiger partial charge in [0.1, 0.15) is 10.6 Å². The molecule has 0 bridgehead atoms. The summed E-state index contributed by atoms with van der Waals surface area (Å²) < 4.78 is 0. The Hall–Kier alpha value is -2.14. The molecule has 0 atom stereocenters. The molecule has 0 aliphatic heterocycles. The Morgan fingerprint density at radius 1 is 1.19 bits per heavy atom. The fraction of sp³-hybridized carbons (Fsp3) is 0.250. The van der Waals surface area contributed by atoms with Gasteiger partial charge in [-0.2, -0.15) is 4.98 Å². The van der Waals surface area contributed by atoms with Gasteiger partial charge in [0.25, 0.3) is 0 Å².